The van der Waals surface area contributed by atoms with Crippen molar-refractivity contribution in [3.8, 4) is 11.4 Å². The first-order valence-electron chi connectivity index (χ1n) is 6.53. The quantitative estimate of drug-likeness (QED) is 0.817. The van der Waals surface area contributed by atoms with Crippen molar-refractivity contribution in [2.24, 2.45) is 0 Å². The predicted octanol–water partition coefficient (Wildman–Crippen LogP) is 1.05. The molecule has 0 saturated heterocycles. The fraction of sp³-hybridized carbons (Fsp3) is 0.385. The zero-order chi connectivity index (χ0) is 16.2. The maximum atomic E-state index is 11.9. The van der Waals surface area contributed by atoms with E-state index in [-0.39, 0.29) is 11.6 Å². The highest BCUT2D eigenvalue weighted by Gasteiger charge is 2.17. The second kappa shape index (κ2) is 6.75. The van der Waals surface area contributed by atoms with Crippen LogP contribution in [0, 0.1) is 0 Å². The molecule has 0 aliphatic carbocycles. The van der Waals surface area contributed by atoms with Crippen molar-refractivity contribution < 1.29 is 17.9 Å². The Bertz CT molecular complexity index is 729. The maximum absolute atomic E-state index is 11.9. The van der Waals surface area contributed by atoms with Crippen molar-refractivity contribution in [1.82, 2.24) is 15.0 Å². The third-order valence-electron chi connectivity index (χ3n) is 2.93. The Balaban J connectivity index is 2.14. The second-order valence-corrected chi connectivity index (χ2v) is 6.45. The molecule has 0 amide bonds. The molecule has 1 aromatic carbocycles. The maximum Gasteiger partial charge on any atom is 0.236 e. The molecule has 1 atom stereocenters. The lowest BCUT2D eigenvalue weighted by atomic mass is 10.3. The summed E-state index contributed by atoms with van der Waals surface area (Å²) in [6.45, 7) is 1.67. The number of anilines is 1. The number of benzene rings is 1. The van der Waals surface area contributed by atoms with Crippen molar-refractivity contribution in [2.75, 3.05) is 24.7 Å². The van der Waals surface area contributed by atoms with Gasteiger partial charge in [-0.2, -0.15) is 0 Å². The monoisotopic (exact) mass is 326 g/mol. The molecule has 0 radical (unpaired) electrons. The minimum atomic E-state index is -3.54. The Kier molecular flexibility index (Phi) is 4.99. The van der Waals surface area contributed by atoms with Crippen LogP contribution in [0.3, 0.4) is 0 Å². The van der Waals surface area contributed by atoms with E-state index < -0.39 is 16.1 Å². The van der Waals surface area contributed by atoms with Gasteiger partial charge in [0.1, 0.15) is 5.75 Å². The molecule has 1 unspecified atom stereocenters. The molecule has 0 aliphatic rings. The van der Waals surface area contributed by atoms with Crippen LogP contribution in [-0.4, -0.2) is 49.5 Å². The molecule has 1 aromatic heterocycles. The van der Waals surface area contributed by atoms with E-state index in [9.17, 15) is 8.42 Å². The van der Waals surface area contributed by atoms with Crippen LogP contribution in [0.2, 0.25) is 0 Å². The fourth-order valence-corrected chi connectivity index (χ4v) is 3.02. The number of hydrogen-bond acceptors (Lipinski definition) is 6. The lowest BCUT2D eigenvalue weighted by molar-refractivity contribution is 0.136. The van der Waals surface area contributed by atoms with Crippen LogP contribution in [0.1, 0.15) is 6.92 Å². The zero-order valence-electron chi connectivity index (χ0n) is 12.6. The van der Waals surface area contributed by atoms with Gasteiger partial charge in [0, 0.05) is 13.2 Å². The summed E-state index contributed by atoms with van der Waals surface area (Å²) in [5, 5.41) is 7.71. The van der Waals surface area contributed by atoms with Gasteiger partial charge in [0.25, 0.3) is 0 Å². The van der Waals surface area contributed by atoms with Crippen LogP contribution in [0.25, 0.3) is 5.69 Å². The van der Waals surface area contributed by atoms with Gasteiger partial charge in [0.05, 0.1) is 30.9 Å². The number of rotatable bonds is 7. The molecule has 0 fully saturated rings. The summed E-state index contributed by atoms with van der Waals surface area (Å²) < 4.78 is 37.8. The Morgan fingerprint density at radius 3 is 2.82 bits per heavy atom. The molecule has 120 valence electrons. The SMILES string of the molecule is COc1cccc(-n2cc(NS(=O)(=O)CC(C)OC)nn2)c1. The van der Waals surface area contributed by atoms with Crippen molar-refractivity contribution in [1.29, 1.82) is 0 Å². The zero-order valence-corrected chi connectivity index (χ0v) is 13.4. The van der Waals surface area contributed by atoms with Crippen molar-refractivity contribution in [3.05, 3.63) is 30.5 Å². The van der Waals surface area contributed by atoms with Gasteiger partial charge in [-0.15, -0.1) is 5.10 Å². The topological polar surface area (TPSA) is 95.3 Å². The molecule has 0 saturated carbocycles. The van der Waals surface area contributed by atoms with E-state index in [2.05, 4.69) is 15.0 Å². The molecule has 2 rings (SSSR count). The van der Waals surface area contributed by atoms with E-state index in [1.54, 1.807) is 32.2 Å². The smallest absolute Gasteiger partial charge is 0.236 e. The second-order valence-electron chi connectivity index (χ2n) is 4.68. The lowest BCUT2D eigenvalue weighted by Crippen LogP contribution is -2.25. The number of aromatic nitrogens is 3. The molecule has 2 aromatic rings. The molecule has 22 heavy (non-hydrogen) atoms. The number of nitrogens with one attached hydrogen (secondary N) is 1. The minimum Gasteiger partial charge on any atom is -0.497 e. The summed E-state index contributed by atoms with van der Waals surface area (Å²) in [6, 6.07) is 7.18. The van der Waals surface area contributed by atoms with Crippen molar-refractivity contribution in [2.45, 2.75) is 13.0 Å². The summed E-state index contributed by atoms with van der Waals surface area (Å²) in [5.41, 5.74) is 0.711. The summed E-state index contributed by atoms with van der Waals surface area (Å²) in [4.78, 5) is 0. The Morgan fingerprint density at radius 2 is 2.14 bits per heavy atom. The number of nitrogens with zero attached hydrogens (tertiary/aromatic N) is 3. The van der Waals surface area contributed by atoms with E-state index in [1.165, 1.54) is 18.0 Å². The van der Waals surface area contributed by atoms with Gasteiger partial charge < -0.3 is 9.47 Å². The third kappa shape index (κ3) is 4.18. The van der Waals surface area contributed by atoms with Crippen LogP contribution >= 0.6 is 0 Å². The fourth-order valence-electron chi connectivity index (χ4n) is 1.77. The van der Waals surface area contributed by atoms with E-state index in [1.807, 2.05) is 6.07 Å². The first-order chi connectivity index (χ1) is 10.4. The molecule has 8 nitrogen and oxygen atoms in total. The molecule has 0 spiro atoms. The number of methoxy groups -OCH3 is 2. The Morgan fingerprint density at radius 1 is 1.36 bits per heavy atom. The molecular formula is C13H18N4O4S. The van der Waals surface area contributed by atoms with Gasteiger partial charge in [0.2, 0.25) is 10.0 Å². The van der Waals surface area contributed by atoms with Crippen molar-refractivity contribution in [3.63, 3.8) is 0 Å². The van der Waals surface area contributed by atoms with Crippen LogP contribution in [0.15, 0.2) is 30.5 Å². The van der Waals surface area contributed by atoms with Gasteiger partial charge in [-0.25, -0.2) is 13.1 Å². The van der Waals surface area contributed by atoms with Crippen LogP contribution in [-0.2, 0) is 14.8 Å². The van der Waals surface area contributed by atoms with E-state index in [0.717, 1.165) is 0 Å². The van der Waals surface area contributed by atoms with Crippen molar-refractivity contribution >= 4 is 15.8 Å². The highest BCUT2D eigenvalue weighted by molar-refractivity contribution is 7.92. The Hall–Kier alpha value is -2.13. The first-order valence-corrected chi connectivity index (χ1v) is 8.19. The summed E-state index contributed by atoms with van der Waals surface area (Å²) in [6.07, 6.45) is 1.08. The van der Waals surface area contributed by atoms with E-state index in [4.69, 9.17) is 9.47 Å². The average molecular weight is 326 g/mol. The lowest BCUT2D eigenvalue weighted by Gasteiger charge is -2.10. The number of ether oxygens (including phenoxy) is 2. The molecule has 0 bridgehead atoms. The molecule has 1 N–H and O–H groups in total. The Labute approximate surface area is 129 Å². The van der Waals surface area contributed by atoms with Gasteiger partial charge in [-0.05, 0) is 19.1 Å². The minimum absolute atomic E-state index is 0.145. The number of sulfonamides is 1. The van der Waals surface area contributed by atoms with E-state index in [0.29, 0.717) is 11.4 Å². The van der Waals surface area contributed by atoms with Gasteiger partial charge >= 0.3 is 0 Å². The van der Waals surface area contributed by atoms with Crippen LogP contribution in [0.5, 0.6) is 5.75 Å². The first kappa shape index (κ1) is 16.2. The van der Waals surface area contributed by atoms with Gasteiger partial charge in [-0.3, -0.25) is 4.72 Å². The largest absolute Gasteiger partial charge is 0.497 e. The normalized spacial score (nSPS) is 12.9. The van der Waals surface area contributed by atoms with E-state index >= 15 is 0 Å². The molecule has 0 aliphatic heterocycles. The van der Waals surface area contributed by atoms with Gasteiger partial charge in [-0.1, -0.05) is 11.3 Å². The third-order valence-corrected chi connectivity index (χ3v) is 4.36. The van der Waals surface area contributed by atoms with Crippen LogP contribution < -0.4 is 9.46 Å². The summed E-state index contributed by atoms with van der Waals surface area (Å²) in [7, 11) is -0.519. The standard InChI is InChI=1S/C13H18N4O4S/c1-10(20-2)9-22(18,19)15-13-8-17(16-14-13)11-5-4-6-12(7-11)21-3/h4-8,10,15H,9H2,1-3H3. The average Bonchev–Trinajstić information content (AvgIpc) is 2.94. The summed E-state index contributed by atoms with van der Waals surface area (Å²) >= 11 is 0. The molecule has 9 heteroatoms. The summed E-state index contributed by atoms with van der Waals surface area (Å²) in [5.74, 6) is 0.658. The van der Waals surface area contributed by atoms with Crippen LogP contribution in [0.4, 0.5) is 5.82 Å². The highest BCUT2D eigenvalue weighted by atomic mass is 32.2. The predicted molar refractivity (Wildman–Crippen MR) is 81.8 cm³/mol. The van der Waals surface area contributed by atoms with Gasteiger partial charge in [0.15, 0.2) is 5.82 Å². The highest BCUT2D eigenvalue weighted by Crippen LogP contribution is 2.17. The molecule has 1 heterocycles. The number of hydrogen-bond donors (Lipinski definition) is 1. The molecular weight excluding hydrogens is 308 g/mol.